The highest BCUT2D eigenvalue weighted by atomic mass is 32.2. The molecule has 2 aromatic carbocycles. The van der Waals surface area contributed by atoms with Crippen LogP contribution in [0.5, 0.6) is 5.75 Å². The normalized spacial score (nSPS) is 14.6. The highest BCUT2D eigenvalue weighted by Crippen LogP contribution is 2.27. The molecule has 1 amide bonds. The summed E-state index contributed by atoms with van der Waals surface area (Å²) in [5.74, 6) is 0.842. The molecular weight excluding hydrogens is 364 g/mol. The Kier molecular flexibility index (Phi) is 5.82. The third kappa shape index (κ3) is 4.48. The average molecular weight is 388 g/mol. The summed E-state index contributed by atoms with van der Waals surface area (Å²) >= 11 is 0. The first-order chi connectivity index (χ1) is 12.9. The van der Waals surface area contributed by atoms with Crippen LogP contribution < -0.4 is 14.4 Å². The molecule has 1 aliphatic rings. The monoisotopic (exact) mass is 388 g/mol. The Morgan fingerprint density at radius 1 is 1.15 bits per heavy atom. The number of sulfonamides is 1. The molecule has 1 aliphatic heterocycles. The molecule has 1 saturated heterocycles. The molecular formula is C20H24N2O4S. The Morgan fingerprint density at radius 2 is 1.89 bits per heavy atom. The molecule has 6 nitrogen and oxygen atoms in total. The minimum absolute atomic E-state index is 0.0855. The molecule has 7 heteroatoms. The summed E-state index contributed by atoms with van der Waals surface area (Å²) in [5, 5.41) is 0. The molecule has 3 rings (SSSR count). The second-order valence-corrected chi connectivity index (χ2v) is 8.27. The van der Waals surface area contributed by atoms with E-state index in [1.165, 1.54) is 0 Å². The molecule has 1 fully saturated rings. The van der Waals surface area contributed by atoms with Gasteiger partial charge in [0.1, 0.15) is 5.75 Å². The lowest BCUT2D eigenvalue weighted by Crippen LogP contribution is -2.26. The number of hydrogen-bond acceptors (Lipinski definition) is 4. The van der Waals surface area contributed by atoms with E-state index in [1.807, 2.05) is 38.1 Å². The van der Waals surface area contributed by atoms with Crippen LogP contribution in [0.25, 0.3) is 0 Å². The Labute approximate surface area is 160 Å². The van der Waals surface area contributed by atoms with Gasteiger partial charge in [0, 0.05) is 25.2 Å². The Bertz CT molecular complexity index is 923. The average Bonchev–Trinajstić information content (AvgIpc) is 3.07. The third-order valence-corrected chi connectivity index (χ3v) is 5.94. The molecule has 0 atom stereocenters. The lowest BCUT2D eigenvalue weighted by Gasteiger charge is -2.19. The van der Waals surface area contributed by atoms with E-state index in [1.54, 1.807) is 23.1 Å². The van der Waals surface area contributed by atoms with Gasteiger partial charge in [-0.2, -0.15) is 0 Å². The molecule has 0 unspecified atom stereocenters. The van der Waals surface area contributed by atoms with Gasteiger partial charge in [0.2, 0.25) is 15.9 Å². The molecule has 1 N–H and O–H groups in total. The standard InChI is InChI=1S/C20H24N2O4S/c1-3-26-17-8-6-16(7-9-17)14-21-27(24,25)18-10-11-19(15(2)13-18)22-12-4-5-20(22)23/h6-11,13,21H,3-5,12,14H2,1-2H3. The van der Waals surface area contributed by atoms with Gasteiger partial charge in [0.05, 0.1) is 11.5 Å². The molecule has 0 bridgehead atoms. The van der Waals surface area contributed by atoms with Gasteiger partial charge in [0.15, 0.2) is 0 Å². The second-order valence-electron chi connectivity index (χ2n) is 6.50. The number of benzene rings is 2. The largest absolute Gasteiger partial charge is 0.494 e. The summed E-state index contributed by atoms with van der Waals surface area (Å²) in [7, 11) is -3.64. The van der Waals surface area contributed by atoms with Crippen LogP contribution in [0.2, 0.25) is 0 Å². The van der Waals surface area contributed by atoms with Crippen molar-refractivity contribution >= 4 is 21.6 Å². The molecule has 144 valence electrons. The van der Waals surface area contributed by atoms with Crippen LogP contribution in [0, 0.1) is 6.92 Å². The van der Waals surface area contributed by atoms with Crippen molar-refractivity contribution in [2.75, 3.05) is 18.1 Å². The van der Waals surface area contributed by atoms with Crippen LogP contribution in [0.1, 0.15) is 30.9 Å². The smallest absolute Gasteiger partial charge is 0.240 e. The van der Waals surface area contributed by atoms with Crippen molar-refractivity contribution in [1.29, 1.82) is 0 Å². The van der Waals surface area contributed by atoms with Crippen molar-refractivity contribution in [2.45, 2.75) is 38.1 Å². The highest BCUT2D eigenvalue weighted by molar-refractivity contribution is 7.89. The maximum atomic E-state index is 12.6. The highest BCUT2D eigenvalue weighted by Gasteiger charge is 2.24. The predicted molar refractivity (Wildman–Crippen MR) is 104 cm³/mol. The van der Waals surface area contributed by atoms with E-state index >= 15 is 0 Å². The van der Waals surface area contributed by atoms with E-state index in [4.69, 9.17) is 4.74 Å². The molecule has 0 radical (unpaired) electrons. The van der Waals surface area contributed by atoms with Crippen LogP contribution >= 0.6 is 0 Å². The van der Waals surface area contributed by atoms with E-state index in [9.17, 15) is 13.2 Å². The van der Waals surface area contributed by atoms with Gasteiger partial charge in [0.25, 0.3) is 0 Å². The van der Waals surface area contributed by atoms with Gasteiger partial charge >= 0.3 is 0 Å². The Morgan fingerprint density at radius 3 is 2.48 bits per heavy atom. The lowest BCUT2D eigenvalue weighted by molar-refractivity contribution is -0.117. The zero-order valence-electron chi connectivity index (χ0n) is 15.6. The van der Waals surface area contributed by atoms with Crippen LogP contribution in [0.4, 0.5) is 5.69 Å². The zero-order chi connectivity index (χ0) is 19.4. The number of hydrogen-bond donors (Lipinski definition) is 1. The fraction of sp³-hybridized carbons (Fsp3) is 0.350. The van der Waals surface area contributed by atoms with Crippen molar-refractivity contribution < 1.29 is 17.9 Å². The number of carbonyl (C=O) groups is 1. The van der Waals surface area contributed by atoms with E-state index in [0.717, 1.165) is 29.0 Å². The van der Waals surface area contributed by atoms with Crippen LogP contribution in [0.3, 0.4) is 0 Å². The Balaban J connectivity index is 1.71. The topological polar surface area (TPSA) is 75.7 Å². The number of nitrogens with one attached hydrogen (secondary N) is 1. The predicted octanol–water partition coefficient (Wildman–Crippen LogP) is 3.00. The maximum absolute atomic E-state index is 12.6. The quantitative estimate of drug-likeness (QED) is 0.791. The molecule has 0 saturated carbocycles. The first kappa shape index (κ1) is 19.4. The summed E-state index contributed by atoms with van der Waals surface area (Å²) in [6, 6.07) is 12.2. The van der Waals surface area contributed by atoms with E-state index in [-0.39, 0.29) is 17.3 Å². The van der Waals surface area contributed by atoms with Gasteiger partial charge in [-0.3, -0.25) is 4.79 Å². The summed E-state index contributed by atoms with van der Waals surface area (Å²) < 4.78 is 33.2. The third-order valence-electron chi connectivity index (χ3n) is 4.54. The van der Waals surface area contributed by atoms with Crippen molar-refractivity contribution in [3.05, 3.63) is 53.6 Å². The first-order valence-corrected chi connectivity index (χ1v) is 10.5. The molecule has 1 heterocycles. The fourth-order valence-corrected chi connectivity index (χ4v) is 4.24. The van der Waals surface area contributed by atoms with Crippen molar-refractivity contribution in [2.24, 2.45) is 0 Å². The SMILES string of the molecule is CCOc1ccc(CNS(=O)(=O)c2ccc(N3CCCC3=O)c(C)c2)cc1. The van der Waals surface area contributed by atoms with E-state index < -0.39 is 10.0 Å². The van der Waals surface area contributed by atoms with Gasteiger partial charge in [-0.05, 0) is 61.7 Å². The lowest BCUT2D eigenvalue weighted by atomic mass is 10.2. The zero-order valence-corrected chi connectivity index (χ0v) is 16.4. The molecule has 0 aromatic heterocycles. The summed E-state index contributed by atoms with van der Waals surface area (Å²) in [4.78, 5) is 13.8. The number of anilines is 1. The maximum Gasteiger partial charge on any atom is 0.240 e. The second kappa shape index (κ2) is 8.10. The van der Waals surface area contributed by atoms with Crippen molar-refractivity contribution in [1.82, 2.24) is 4.72 Å². The number of amides is 1. The molecule has 0 spiro atoms. The van der Waals surface area contributed by atoms with Crippen molar-refractivity contribution in [3.8, 4) is 5.75 Å². The minimum atomic E-state index is -3.64. The number of rotatable bonds is 7. The van der Waals surface area contributed by atoms with Gasteiger partial charge in [-0.15, -0.1) is 0 Å². The van der Waals surface area contributed by atoms with Gasteiger partial charge in [-0.1, -0.05) is 12.1 Å². The summed E-state index contributed by atoms with van der Waals surface area (Å²) in [6.07, 6.45) is 1.38. The first-order valence-electron chi connectivity index (χ1n) is 9.03. The molecule has 0 aliphatic carbocycles. The number of ether oxygens (including phenoxy) is 1. The van der Waals surface area contributed by atoms with E-state index in [2.05, 4.69) is 4.72 Å². The molecule has 27 heavy (non-hydrogen) atoms. The van der Waals surface area contributed by atoms with Gasteiger partial charge in [-0.25, -0.2) is 13.1 Å². The number of nitrogens with zero attached hydrogens (tertiary/aromatic N) is 1. The summed E-state index contributed by atoms with van der Waals surface area (Å²) in [6.45, 7) is 5.20. The van der Waals surface area contributed by atoms with Crippen LogP contribution in [-0.2, 0) is 21.4 Å². The van der Waals surface area contributed by atoms with E-state index in [0.29, 0.717) is 19.6 Å². The number of carbonyl (C=O) groups excluding carboxylic acids is 1. The Hall–Kier alpha value is -2.38. The molecule has 2 aromatic rings. The fourth-order valence-electron chi connectivity index (χ4n) is 3.13. The van der Waals surface area contributed by atoms with Crippen molar-refractivity contribution in [3.63, 3.8) is 0 Å². The van der Waals surface area contributed by atoms with Crippen LogP contribution in [-0.4, -0.2) is 27.5 Å². The minimum Gasteiger partial charge on any atom is -0.494 e. The van der Waals surface area contributed by atoms with Crippen LogP contribution in [0.15, 0.2) is 47.4 Å². The van der Waals surface area contributed by atoms with Gasteiger partial charge < -0.3 is 9.64 Å². The summed E-state index contributed by atoms with van der Waals surface area (Å²) in [5.41, 5.74) is 2.40. The number of aryl methyl sites for hydroxylation is 1.